The van der Waals surface area contributed by atoms with Crippen LogP contribution >= 0.6 is 0 Å². The molecule has 0 aliphatic carbocycles. The van der Waals surface area contributed by atoms with Gasteiger partial charge < -0.3 is 20.9 Å². The Morgan fingerprint density at radius 3 is 2.55 bits per heavy atom. The van der Waals surface area contributed by atoms with Crippen molar-refractivity contribution < 1.29 is 19.4 Å². The molecule has 0 spiro atoms. The number of primary amides is 1. The Morgan fingerprint density at radius 2 is 2.05 bits per heavy atom. The Labute approximate surface area is 115 Å². The molecule has 0 aromatic carbocycles. The van der Waals surface area contributed by atoms with Crippen molar-refractivity contribution in [1.29, 1.82) is 0 Å². The summed E-state index contributed by atoms with van der Waals surface area (Å²) in [7, 11) is 1.64. The second-order valence-electron chi connectivity index (χ2n) is 4.92. The summed E-state index contributed by atoms with van der Waals surface area (Å²) in [6, 6.07) is 0. The number of nitrogens with two attached hydrogens (primary N) is 1. The molecule has 0 bridgehead atoms. The third-order valence-corrected chi connectivity index (χ3v) is 3.58. The van der Waals surface area contributed by atoms with E-state index in [1.54, 1.807) is 14.0 Å². The first-order valence-corrected chi connectivity index (χ1v) is 6.30. The van der Waals surface area contributed by atoms with Gasteiger partial charge in [0.15, 0.2) is 0 Å². The van der Waals surface area contributed by atoms with Gasteiger partial charge >= 0.3 is 5.97 Å². The number of amides is 1. The van der Waals surface area contributed by atoms with Crippen LogP contribution in [0.5, 0.6) is 0 Å². The predicted octanol–water partition coefficient (Wildman–Crippen LogP) is -0.127. The SMILES string of the molecule is Cc1nn(C)c(NC2(C(=O)O)CCOCC2)c1C(N)=O. The summed E-state index contributed by atoms with van der Waals surface area (Å²) in [5.41, 5.74) is 4.87. The number of carboxylic acids is 1. The van der Waals surface area contributed by atoms with Crippen molar-refractivity contribution in [2.75, 3.05) is 18.5 Å². The summed E-state index contributed by atoms with van der Waals surface area (Å²) in [5.74, 6) is -1.28. The lowest BCUT2D eigenvalue weighted by molar-refractivity contribution is -0.145. The van der Waals surface area contributed by atoms with Crippen molar-refractivity contribution >= 4 is 17.7 Å². The average molecular weight is 282 g/mol. The highest BCUT2D eigenvalue weighted by Crippen LogP contribution is 2.29. The first kappa shape index (κ1) is 14.3. The zero-order valence-electron chi connectivity index (χ0n) is 11.5. The summed E-state index contributed by atoms with van der Waals surface area (Å²) in [6.07, 6.45) is 0.621. The van der Waals surface area contributed by atoms with Crippen LogP contribution in [0.25, 0.3) is 0 Å². The summed E-state index contributed by atoms with van der Waals surface area (Å²) < 4.78 is 6.65. The molecule has 1 aromatic heterocycles. The van der Waals surface area contributed by atoms with Crippen molar-refractivity contribution in [3.63, 3.8) is 0 Å². The van der Waals surface area contributed by atoms with Crippen LogP contribution in [0.2, 0.25) is 0 Å². The largest absolute Gasteiger partial charge is 0.480 e. The number of carbonyl (C=O) groups excluding carboxylic acids is 1. The van der Waals surface area contributed by atoms with Gasteiger partial charge in [0, 0.05) is 33.1 Å². The molecule has 0 radical (unpaired) electrons. The number of aliphatic carboxylic acids is 1. The van der Waals surface area contributed by atoms with E-state index in [2.05, 4.69) is 10.4 Å². The molecule has 4 N–H and O–H groups in total. The molecule has 0 atom stereocenters. The number of hydrogen-bond acceptors (Lipinski definition) is 5. The van der Waals surface area contributed by atoms with Gasteiger partial charge in [-0.2, -0.15) is 5.10 Å². The number of aromatic nitrogens is 2. The molecule has 2 heterocycles. The molecule has 1 amide bonds. The number of nitrogens with one attached hydrogen (secondary N) is 1. The Morgan fingerprint density at radius 1 is 1.45 bits per heavy atom. The fourth-order valence-corrected chi connectivity index (χ4v) is 2.44. The van der Waals surface area contributed by atoms with Gasteiger partial charge in [-0.05, 0) is 6.92 Å². The molecular formula is C12H18N4O4. The average Bonchev–Trinajstić information content (AvgIpc) is 2.65. The van der Waals surface area contributed by atoms with Crippen molar-refractivity contribution in [2.45, 2.75) is 25.3 Å². The quantitative estimate of drug-likeness (QED) is 0.708. The first-order valence-electron chi connectivity index (χ1n) is 6.30. The van der Waals surface area contributed by atoms with Crippen LogP contribution in [0.15, 0.2) is 0 Å². The maximum Gasteiger partial charge on any atom is 0.329 e. The van der Waals surface area contributed by atoms with E-state index >= 15 is 0 Å². The predicted molar refractivity (Wildman–Crippen MR) is 70.5 cm³/mol. The van der Waals surface area contributed by atoms with Gasteiger partial charge in [-0.15, -0.1) is 0 Å². The fourth-order valence-electron chi connectivity index (χ4n) is 2.44. The van der Waals surface area contributed by atoms with E-state index in [-0.39, 0.29) is 5.56 Å². The number of aryl methyl sites for hydroxylation is 2. The first-order chi connectivity index (χ1) is 9.37. The monoisotopic (exact) mass is 282 g/mol. The number of rotatable bonds is 4. The van der Waals surface area contributed by atoms with Crippen LogP contribution in [-0.2, 0) is 16.6 Å². The van der Waals surface area contributed by atoms with Gasteiger partial charge in [0.05, 0.1) is 5.69 Å². The minimum Gasteiger partial charge on any atom is -0.480 e. The number of hydrogen-bond donors (Lipinski definition) is 3. The second kappa shape index (κ2) is 5.12. The summed E-state index contributed by atoms with van der Waals surface area (Å²) >= 11 is 0. The smallest absolute Gasteiger partial charge is 0.329 e. The lowest BCUT2D eigenvalue weighted by Crippen LogP contribution is -2.51. The van der Waals surface area contributed by atoms with Crippen LogP contribution in [0.1, 0.15) is 28.9 Å². The van der Waals surface area contributed by atoms with Crippen LogP contribution < -0.4 is 11.1 Å². The van der Waals surface area contributed by atoms with Gasteiger partial charge in [0.25, 0.3) is 5.91 Å². The molecule has 8 heteroatoms. The van der Waals surface area contributed by atoms with E-state index < -0.39 is 17.4 Å². The summed E-state index contributed by atoms with van der Waals surface area (Å²) in [6.45, 7) is 2.35. The Kier molecular flexibility index (Phi) is 3.67. The molecule has 8 nitrogen and oxygen atoms in total. The second-order valence-corrected chi connectivity index (χ2v) is 4.92. The van der Waals surface area contributed by atoms with Gasteiger partial charge in [-0.1, -0.05) is 0 Å². The van der Waals surface area contributed by atoms with Crippen LogP contribution in [0.4, 0.5) is 5.82 Å². The molecule has 110 valence electrons. The molecule has 0 unspecified atom stereocenters. The van der Waals surface area contributed by atoms with Gasteiger partial charge in [0.2, 0.25) is 0 Å². The number of carbonyl (C=O) groups is 2. The molecule has 1 aromatic rings. The zero-order chi connectivity index (χ0) is 14.9. The number of carboxylic acid groups (broad SMARTS) is 1. The molecule has 2 rings (SSSR count). The normalized spacial score (nSPS) is 17.7. The summed E-state index contributed by atoms with van der Waals surface area (Å²) in [5, 5.41) is 16.6. The van der Waals surface area contributed by atoms with Crippen LogP contribution in [0, 0.1) is 6.92 Å². The Hall–Kier alpha value is -2.09. The minimum absolute atomic E-state index is 0.222. The van der Waals surface area contributed by atoms with Crippen molar-refractivity contribution in [3.8, 4) is 0 Å². The van der Waals surface area contributed by atoms with E-state index in [4.69, 9.17) is 10.5 Å². The highest BCUT2D eigenvalue weighted by Gasteiger charge is 2.41. The maximum absolute atomic E-state index is 11.6. The van der Waals surface area contributed by atoms with Crippen molar-refractivity contribution in [1.82, 2.24) is 9.78 Å². The topological polar surface area (TPSA) is 119 Å². The van der Waals surface area contributed by atoms with Crippen LogP contribution in [-0.4, -0.2) is 45.5 Å². The molecule has 1 fully saturated rings. The minimum atomic E-state index is -1.16. The molecular weight excluding hydrogens is 264 g/mol. The number of ether oxygens (including phenoxy) is 1. The molecule has 0 saturated carbocycles. The lowest BCUT2D eigenvalue weighted by Gasteiger charge is -2.34. The molecule has 1 aliphatic heterocycles. The van der Waals surface area contributed by atoms with Crippen molar-refractivity contribution in [2.24, 2.45) is 12.8 Å². The van der Waals surface area contributed by atoms with E-state index in [0.29, 0.717) is 37.6 Å². The van der Waals surface area contributed by atoms with Gasteiger partial charge in [-0.25, -0.2) is 4.79 Å². The van der Waals surface area contributed by atoms with E-state index in [1.807, 2.05) is 0 Å². The van der Waals surface area contributed by atoms with Crippen molar-refractivity contribution in [3.05, 3.63) is 11.3 Å². The van der Waals surface area contributed by atoms with Gasteiger partial charge in [0.1, 0.15) is 16.9 Å². The van der Waals surface area contributed by atoms with Crippen LogP contribution in [0.3, 0.4) is 0 Å². The third-order valence-electron chi connectivity index (χ3n) is 3.58. The highest BCUT2D eigenvalue weighted by molar-refractivity contribution is 5.99. The highest BCUT2D eigenvalue weighted by atomic mass is 16.5. The van der Waals surface area contributed by atoms with E-state index in [1.165, 1.54) is 4.68 Å². The maximum atomic E-state index is 11.6. The Bertz CT molecular complexity index is 546. The summed E-state index contributed by atoms with van der Waals surface area (Å²) in [4.78, 5) is 23.1. The number of nitrogens with zero attached hydrogens (tertiary/aromatic N) is 2. The molecule has 1 saturated heterocycles. The molecule has 1 aliphatic rings. The number of anilines is 1. The van der Waals surface area contributed by atoms with E-state index in [9.17, 15) is 14.7 Å². The lowest BCUT2D eigenvalue weighted by atomic mass is 9.90. The van der Waals surface area contributed by atoms with Gasteiger partial charge in [-0.3, -0.25) is 9.48 Å². The Balaban J connectivity index is 2.41. The fraction of sp³-hybridized carbons (Fsp3) is 0.583. The molecule has 20 heavy (non-hydrogen) atoms. The zero-order valence-corrected chi connectivity index (χ0v) is 11.5. The third kappa shape index (κ3) is 2.34. The standard InChI is InChI=1S/C12H18N4O4/c1-7-8(9(13)17)10(16(2)15-7)14-12(11(18)19)3-5-20-6-4-12/h14H,3-6H2,1-2H3,(H2,13,17)(H,18,19). The van der Waals surface area contributed by atoms with E-state index in [0.717, 1.165) is 0 Å².